The molecule has 0 aliphatic carbocycles. The Morgan fingerprint density at radius 2 is 1.66 bits per heavy atom. The fourth-order valence-corrected chi connectivity index (χ4v) is 2.93. The quantitative estimate of drug-likeness (QED) is 0.469. The number of nitrogens with one attached hydrogen (secondary N) is 2. The molecule has 0 heterocycles. The van der Waals surface area contributed by atoms with Crippen LogP contribution < -0.4 is 15.7 Å². The van der Waals surface area contributed by atoms with Gasteiger partial charge in [0.25, 0.3) is 5.69 Å². The van der Waals surface area contributed by atoms with Gasteiger partial charge in [0.1, 0.15) is 0 Å². The van der Waals surface area contributed by atoms with Crippen molar-refractivity contribution in [1.29, 1.82) is 0 Å². The van der Waals surface area contributed by atoms with Crippen LogP contribution in [-0.2, 0) is 22.6 Å². The number of nitrogens with zero attached hydrogens (tertiary/aromatic N) is 1. The van der Waals surface area contributed by atoms with Gasteiger partial charge in [-0.15, -0.1) is 5.75 Å². The van der Waals surface area contributed by atoms with Gasteiger partial charge in [-0.1, -0.05) is 48.5 Å². The van der Waals surface area contributed by atoms with Gasteiger partial charge < -0.3 is 15.7 Å². The van der Waals surface area contributed by atoms with E-state index in [9.17, 15) is 24.8 Å². The number of fused-ring (bicyclic) bond motifs is 1. The van der Waals surface area contributed by atoms with Gasteiger partial charge in [0.05, 0.1) is 17.9 Å². The van der Waals surface area contributed by atoms with Crippen molar-refractivity contribution in [2.45, 2.75) is 13.0 Å². The Morgan fingerprint density at radius 1 is 0.897 bits per heavy atom. The number of nitro benzene ring substituents is 1. The highest BCUT2D eigenvalue weighted by atomic mass is 16.6. The summed E-state index contributed by atoms with van der Waals surface area (Å²) in [7, 11) is 0. The average molecular weight is 392 g/mol. The number of hydrogen-bond donors (Lipinski definition) is 2. The molecule has 0 bridgehead atoms. The molecule has 0 aliphatic heterocycles. The topological polar surface area (TPSA) is 124 Å². The molecule has 0 spiro atoms. The fourth-order valence-electron chi connectivity index (χ4n) is 2.93. The number of rotatable bonds is 7. The predicted octanol–water partition coefficient (Wildman–Crippen LogP) is 1.80. The summed E-state index contributed by atoms with van der Waals surface area (Å²) in [6.07, 6.45) is 0.129. The summed E-state index contributed by atoms with van der Waals surface area (Å²) in [6.45, 7) is -0.411. The number of non-ortho nitro benzene ring substituents is 1. The van der Waals surface area contributed by atoms with Crippen molar-refractivity contribution in [3.8, 4) is 5.75 Å². The van der Waals surface area contributed by atoms with Crippen LogP contribution in [0.25, 0.3) is 10.8 Å². The van der Waals surface area contributed by atoms with Crippen LogP contribution in [0.4, 0.5) is 5.69 Å². The van der Waals surface area contributed by atoms with Gasteiger partial charge in [0.15, 0.2) is 0 Å². The summed E-state index contributed by atoms with van der Waals surface area (Å²) in [5.74, 6) is -1.21. The summed E-state index contributed by atoms with van der Waals surface area (Å²) in [6, 6.07) is 16.7. The van der Waals surface area contributed by atoms with E-state index in [-0.39, 0.29) is 36.7 Å². The standard InChI is InChI=1S/C21H19N3O5/c25-19-9-8-17(24(28)29)10-16(19)12-22-21(27)13-23-20(26)11-15-6-3-5-14-4-1-2-7-18(14)15/h1-10,25H,11-13H2,(H,22,27)(H,23,26)/p-1. The van der Waals surface area contributed by atoms with E-state index < -0.39 is 16.6 Å². The molecule has 3 aromatic rings. The van der Waals surface area contributed by atoms with E-state index in [0.717, 1.165) is 34.5 Å². The molecule has 8 heteroatoms. The molecule has 0 saturated carbocycles. The zero-order chi connectivity index (χ0) is 20.8. The first-order valence-electron chi connectivity index (χ1n) is 8.88. The molecule has 3 rings (SSSR count). The van der Waals surface area contributed by atoms with E-state index in [2.05, 4.69) is 10.6 Å². The second kappa shape index (κ2) is 8.83. The van der Waals surface area contributed by atoms with Crippen LogP contribution in [0.3, 0.4) is 0 Å². The van der Waals surface area contributed by atoms with E-state index in [1.54, 1.807) is 0 Å². The van der Waals surface area contributed by atoms with Crippen LogP contribution >= 0.6 is 0 Å². The lowest BCUT2D eigenvalue weighted by Crippen LogP contribution is -2.37. The molecule has 2 N–H and O–H groups in total. The lowest BCUT2D eigenvalue weighted by atomic mass is 10.0. The Kier molecular flexibility index (Phi) is 6.03. The summed E-state index contributed by atoms with van der Waals surface area (Å²) in [5.41, 5.74) is 0.737. The molecule has 8 nitrogen and oxygen atoms in total. The number of carbonyl (C=O) groups excluding carboxylic acids is 2. The Balaban J connectivity index is 1.52. The molecule has 0 atom stereocenters. The Morgan fingerprint density at radius 3 is 2.45 bits per heavy atom. The molecule has 0 radical (unpaired) electrons. The third-order valence-corrected chi connectivity index (χ3v) is 4.41. The smallest absolute Gasteiger partial charge is 0.269 e. The zero-order valence-corrected chi connectivity index (χ0v) is 15.4. The summed E-state index contributed by atoms with van der Waals surface area (Å²) >= 11 is 0. The molecule has 0 fully saturated rings. The minimum absolute atomic E-state index is 0.106. The van der Waals surface area contributed by atoms with Crippen molar-refractivity contribution in [2.24, 2.45) is 0 Å². The van der Waals surface area contributed by atoms with Crippen molar-refractivity contribution in [2.75, 3.05) is 6.54 Å². The SMILES string of the molecule is O=C(CNC(=O)Cc1cccc2ccccc12)NCc1cc([N+](=O)[O-])ccc1[O-]. The normalized spacial score (nSPS) is 10.5. The van der Waals surface area contributed by atoms with Crippen molar-refractivity contribution >= 4 is 28.3 Å². The Hall–Kier alpha value is -3.94. The highest BCUT2D eigenvalue weighted by Gasteiger charge is 2.10. The number of carbonyl (C=O) groups is 2. The maximum Gasteiger partial charge on any atom is 0.269 e. The largest absolute Gasteiger partial charge is 0.872 e. The minimum Gasteiger partial charge on any atom is -0.872 e. The highest BCUT2D eigenvalue weighted by molar-refractivity contribution is 5.91. The molecular weight excluding hydrogens is 374 g/mol. The van der Waals surface area contributed by atoms with Crippen LogP contribution in [0.5, 0.6) is 5.75 Å². The minimum atomic E-state index is -0.613. The van der Waals surface area contributed by atoms with E-state index >= 15 is 0 Å². The predicted molar refractivity (Wildman–Crippen MR) is 105 cm³/mol. The second-order valence-electron chi connectivity index (χ2n) is 6.42. The van der Waals surface area contributed by atoms with Gasteiger partial charge >= 0.3 is 0 Å². The monoisotopic (exact) mass is 392 g/mol. The zero-order valence-electron chi connectivity index (χ0n) is 15.4. The van der Waals surface area contributed by atoms with Gasteiger partial charge in [0.2, 0.25) is 11.8 Å². The molecular formula is C21H18N3O5-. The van der Waals surface area contributed by atoms with Crippen LogP contribution in [0, 0.1) is 10.1 Å². The molecule has 0 aliphatic rings. The maximum atomic E-state index is 12.2. The first-order valence-corrected chi connectivity index (χ1v) is 8.88. The van der Waals surface area contributed by atoms with E-state index in [1.807, 2.05) is 42.5 Å². The molecule has 3 aromatic carbocycles. The first-order chi connectivity index (χ1) is 13.9. The van der Waals surface area contributed by atoms with Gasteiger partial charge in [-0.25, -0.2) is 0 Å². The fraction of sp³-hybridized carbons (Fsp3) is 0.143. The Labute approximate surface area is 166 Å². The molecule has 0 saturated heterocycles. The number of hydrogen-bond acceptors (Lipinski definition) is 5. The van der Waals surface area contributed by atoms with Crippen LogP contribution in [-0.4, -0.2) is 23.3 Å². The molecule has 148 valence electrons. The van der Waals surface area contributed by atoms with E-state index in [4.69, 9.17) is 0 Å². The third kappa shape index (κ3) is 5.07. The lowest BCUT2D eigenvalue weighted by molar-refractivity contribution is -0.385. The van der Waals surface area contributed by atoms with Crippen LogP contribution in [0.1, 0.15) is 11.1 Å². The van der Waals surface area contributed by atoms with Crippen molar-refractivity contribution < 1.29 is 19.6 Å². The van der Waals surface area contributed by atoms with Gasteiger partial charge in [0, 0.05) is 18.7 Å². The highest BCUT2D eigenvalue weighted by Crippen LogP contribution is 2.21. The van der Waals surface area contributed by atoms with E-state index in [0.29, 0.717) is 0 Å². The molecule has 0 aromatic heterocycles. The van der Waals surface area contributed by atoms with Crippen molar-refractivity contribution in [3.05, 3.63) is 81.9 Å². The summed E-state index contributed by atoms with van der Waals surface area (Å²) < 4.78 is 0. The maximum absolute atomic E-state index is 12.2. The number of nitro groups is 1. The number of amides is 2. The number of benzene rings is 3. The Bertz CT molecular complexity index is 1080. The van der Waals surface area contributed by atoms with Crippen LogP contribution in [0.15, 0.2) is 60.7 Å². The summed E-state index contributed by atoms with van der Waals surface area (Å²) in [5, 5.41) is 29.5. The average Bonchev–Trinajstić information content (AvgIpc) is 2.71. The van der Waals surface area contributed by atoms with Gasteiger partial charge in [-0.3, -0.25) is 19.7 Å². The van der Waals surface area contributed by atoms with Gasteiger partial charge in [-0.2, -0.15) is 0 Å². The van der Waals surface area contributed by atoms with E-state index in [1.165, 1.54) is 0 Å². The second-order valence-corrected chi connectivity index (χ2v) is 6.42. The third-order valence-electron chi connectivity index (χ3n) is 4.41. The van der Waals surface area contributed by atoms with Crippen molar-refractivity contribution in [3.63, 3.8) is 0 Å². The first kappa shape index (κ1) is 19.8. The molecule has 2 amide bonds. The van der Waals surface area contributed by atoms with Crippen LogP contribution in [0.2, 0.25) is 0 Å². The van der Waals surface area contributed by atoms with Gasteiger partial charge in [-0.05, 0) is 21.9 Å². The van der Waals surface area contributed by atoms with Crippen molar-refractivity contribution in [1.82, 2.24) is 10.6 Å². The molecule has 29 heavy (non-hydrogen) atoms. The lowest BCUT2D eigenvalue weighted by Gasteiger charge is -2.14. The summed E-state index contributed by atoms with van der Waals surface area (Å²) in [4.78, 5) is 34.3. The molecule has 0 unspecified atom stereocenters.